The molecule has 1 aliphatic heterocycles. The summed E-state index contributed by atoms with van der Waals surface area (Å²) >= 11 is 0. The van der Waals surface area contributed by atoms with Crippen LogP contribution in [0.3, 0.4) is 0 Å². The maximum Gasteiger partial charge on any atom is 0.270 e. The number of fused-ring (bicyclic) bond motifs is 1. The highest BCUT2D eigenvalue weighted by Gasteiger charge is 2.26. The maximum atomic E-state index is 12.8. The topological polar surface area (TPSA) is 108 Å². The number of nitrogens with zero attached hydrogens (tertiary/aromatic N) is 2. The fourth-order valence-electron chi connectivity index (χ4n) is 2.83. The summed E-state index contributed by atoms with van der Waals surface area (Å²) in [6.45, 7) is 3.80. The zero-order valence-electron chi connectivity index (χ0n) is 12.5. The summed E-state index contributed by atoms with van der Waals surface area (Å²) in [5, 5.41) is 14.6. The average Bonchev–Trinajstić information content (AvgIpc) is 2.53. The molecule has 8 nitrogen and oxygen atoms in total. The highest BCUT2D eigenvalue weighted by molar-refractivity contribution is 6.06. The Kier molecular flexibility index (Phi) is 3.83. The van der Waals surface area contributed by atoms with Crippen molar-refractivity contribution in [2.24, 2.45) is 0 Å². The van der Waals surface area contributed by atoms with Crippen molar-refractivity contribution in [3.63, 3.8) is 0 Å². The van der Waals surface area contributed by atoms with Gasteiger partial charge in [0.25, 0.3) is 11.6 Å². The van der Waals surface area contributed by atoms with Gasteiger partial charge in [-0.05, 0) is 13.0 Å². The Labute approximate surface area is 131 Å². The second-order valence-electron chi connectivity index (χ2n) is 5.59. The number of carbonyl (C=O) groups is 1. The van der Waals surface area contributed by atoms with E-state index in [1.54, 1.807) is 4.90 Å². The molecule has 2 N–H and O–H groups in total. The summed E-state index contributed by atoms with van der Waals surface area (Å²) in [5.41, 5.74) is 0.0832. The quantitative estimate of drug-likeness (QED) is 0.631. The molecule has 1 aliphatic rings. The number of carbonyl (C=O) groups excluding carboxylic acids is 1. The van der Waals surface area contributed by atoms with E-state index in [1.165, 1.54) is 24.3 Å². The number of nitro groups is 1. The molecular weight excluding hydrogens is 300 g/mol. The van der Waals surface area contributed by atoms with Gasteiger partial charge in [-0.3, -0.25) is 19.7 Å². The SMILES string of the molecule is C[C@@H]1CNCCN1C(=O)c1cc(=O)[nH]c2ccc([N+](=O)[O-])cc12. The molecule has 1 amide bonds. The Hall–Kier alpha value is -2.74. The first kappa shape index (κ1) is 15.2. The number of nitrogens with one attached hydrogen (secondary N) is 2. The van der Waals surface area contributed by atoms with Crippen molar-refractivity contribution >= 4 is 22.5 Å². The molecule has 8 heteroatoms. The average molecular weight is 316 g/mol. The van der Waals surface area contributed by atoms with E-state index < -0.39 is 10.5 Å². The minimum atomic E-state index is -0.522. The van der Waals surface area contributed by atoms with E-state index >= 15 is 0 Å². The van der Waals surface area contributed by atoms with Crippen molar-refractivity contribution in [2.45, 2.75) is 13.0 Å². The van der Waals surface area contributed by atoms with E-state index in [2.05, 4.69) is 10.3 Å². The molecule has 0 saturated carbocycles. The lowest BCUT2D eigenvalue weighted by Gasteiger charge is -2.34. The van der Waals surface area contributed by atoms with Gasteiger partial charge in [-0.25, -0.2) is 0 Å². The minimum Gasteiger partial charge on any atom is -0.333 e. The molecule has 1 aromatic carbocycles. The summed E-state index contributed by atoms with van der Waals surface area (Å²) in [5.74, 6) is -0.282. The van der Waals surface area contributed by atoms with Gasteiger partial charge in [0.15, 0.2) is 0 Å². The molecule has 2 heterocycles. The van der Waals surface area contributed by atoms with Crippen LogP contribution >= 0.6 is 0 Å². The molecule has 0 unspecified atom stereocenters. The third kappa shape index (κ3) is 2.80. The van der Waals surface area contributed by atoms with E-state index in [0.717, 1.165) is 0 Å². The van der Waals surface area contributed by atoms with Crippen LogP contribution in [0, 0.1) is 10.1 Å². The molecule has 0 aliphatic carbocycles. The highest BCUT2D eigenvalue weighted by Crippen LogP contribution is 2.23. The molecule has 1 atom stereocenters. The number of aromatic nitrogens is 1. The first-order valence-electron chi connectivity index (χ1n) is 7.30. The molecule has 3 rings (SSSR count). The number of hydrogen-bond acceptors (Lipinski definition) is 5. The van der Waals surface area contributed by atoms with Crippen LogP contribution in [0.2, 0.25) is 0 Å². The molecule has 0 spiro atoms. The van der Waals surface area contributed by atoms with Crippen LogP contribution < -0.4 is 10.9 Å². The number of nitro benzene ring substituents is 1. The van der Waals surface area contributed by atoms with Crippen LogP contribution in [0.4, 0.5) is 5.69 Å². The molecule has 1 fully saturated rings. The first-order valence-corrected chi connectivity index (χ1v) is 7.30. The van der Waals surface area contributed by atoms with Gasteiger partial charge < -0.3 is 15.2 Å². The van der Waals surface area contributed by atoms with Crippen LogP contribution in [0.15, 0.2) is 29.1 Å². The number of hydrogen-bond donors (Lipinski definition) is 2. The van der Waals surface area contributed by atoms with Gasteiger partial charge >= 0.3 is 0 Å². The number of rotatable bonds is 2. The normalized spacial score (nSPS) is 18.1. The third-order valence-corrected chi connectivity index (χ3v) is 4.03. The lowest BCUT2D eigenvalue weighted by molar-refractivity contribution is -0.384. The number of H-pyrrole nitrogens is 1. The lowest BCUT2D eigenvalue weighted by Crippen LogP contribution is -2.52. The number of piperazine rings is 1. The Morgan fingerprint density at radius 3 is 2.87 bits per heavy atom. The minimum absolute atomic E-state index is 0.00992. The van der Waals surface area contributed by atoms with Crippen LogP contribution in [-0.2, 0) is 0 Å². The fraction of sp³-hybridized carbons (Fsp3) is 0.333. The number of aromatic amines is 1. The molecule has 1 saturated heterocycles. The predicted molar refractivity (Wildman–Crippen MR) is 84.6 cm³/mol. The maximum absolute atomic E-state index is 12.8. The Morgan fingerprint density at radius 1 is 1.39 bits per heavy atom. The van der Waals surface area contributed by atoms with Gasteiger partial charge in [0.2, 0.25) is 5.56 Å². The Balaban J connectivity index is 2.14. The summed E-state index contributed by atoms with van der Waals surface area (Å²) in [6, 6.07) is 5.28. The van der Waals surface area contributed by atoms with Gasteiger partial charge in [-0.2, -0.15) is 0 Å². The first-order chi connectivity index (χ1) is 11.0. The number of non-ortho nitro benzene ring substituents is 1. The van der Waals surface area contributed by atoms with E-state index in [-0.39, 0.29) is 23.2 Å². The number of amides is 1. The van der Waals surface area contributed by atoms with E-state index in [0.29, 0.717) is 30.5 Å². The molecule has 0 radical (unpaired) electrons. The molecule has 120 valence electrons. The van der Waals surface area contributed by atoms with Gasteiger partial charge in [-0.1, -0.05) is 0 Å². The van der Waals surface area contributed by atoms with E-state index in [1.807, 2.05) is 6.92 Å². The second-order valence-corrected chi connectivity index (χ2v) is 5.59. The third-order valence-electron chi connectivity index (χ3n) is 4.03. The van der Waals surface area contributed by atoms with Crippen molar-refractivity contribution in [1.29, 1.82) is 0 Å². The van der Waals surface area contributed by atoms with Crippen LogP contribution in [0.5, 0.6) is 0 Å². The smallest absolute Gasteiger partial charge is 0.270 e. The molecule has 23 heavy (non-hydrogen) atoms. The zero-order valence-corrected chi connectivity index (χ0v) is 12.5. The largest absolute Gasteiger partial charge is 0.333 e. The molecule has 2 aromatic rings. The summed E-state index contributed by atoms with van der Waals surface area (Å²) in [6.07, 6.45) is 0. The monoisotopic (exact) mass is 316 g/mol. The van der Waals surface area contributed by atoms with Crippen molar-refractivity contribution in [3.05, 3.63) is 50.3 Å². The van der Waals surface area contributed by atoms with Gasteiger partial charge in [0.05, 0.1) is 10.5 Å². The fourth-order valence-corrected chi connectivity index (χ4v) is 2.83. The van der Waals surface area contributed by atoms with Crippen LogP contribution in [0.1, 0.15) is 17.3 Å². The van der Waals surface area contributed by atoms with Crippen molar-refractivity contribution in [2.75, 3.05) is 19.6 Å². The van der Waals surface area contributed by atoms with Crippen molar-refractivity contribution in [1.82, 2.24) is 15.2 Å². The summed E-state index contributed by atoms with van der Waals surface area (Å²) < 4.78 is 0. The Morgan fingerprint density at radius 2 is 2.17 bits per heavy atom. The van der Waals surface area contributed by atoms with E-state index in [4.69, 9.17) is 0 Å². The molecule has 1 aromatic heterocycles. The summed E-state index contributed by atoms with van der Waals surface area (Å²) in [7, 11) is 0. The highest BCUT2D eigenvalue weighted by atomic mass is 16.6. The van der Waals surface area contributed by atoms with Gasteiger partial charge in [0.1, 0.15) is 0 Å². The van der Waals surface area contributed by atoms with Gasteiger partial charge in [0, 0.05) is 54.8 Å². The van der Waals surface area contributed by atoms with Gasteiger partial charge in [-0.15, -0.1) is 0 Å². The van der Waals surface area contributed by atoms with Crippen LogP contribution in [0.25, 0.3) is 10.9 Å². The van der Waals surface area contributed by atoms with E-state index in [9.17, 15) is 19.7 Å². The zero-order chi connectivity index (χ0) is 16.6. The standard InChI is InChI=1S/C15H16N4O4/c1-9-8-16-4-5-18(9)15(21)12-7-14(20)17-13-3-2-10(19(22)23)6-11(12)13/h2-3,6-7,9,16H,4-5,8H2,1H3,(H,17,20)/t9-/m1/s1. The lowest BCUT2D eigenvalue weighted by atomic mass is 10.1. The molecular formula is C15H16N4O4. The molecule has 0 bridgehead atoms. The number of pyridine rings is 1. The second kappa shape index (κ2) is 5.81. The van der Waals surface area contributed by atoms with Crippen molar-refractivity contribution in [3.8, 4) is 0 Å². The van der Waals surface area contributed by atoms with Crippen molar-refractivity contribution < 1.29 is 9.72 Å². The van der Waals surface area contributed by atoms with Crippen LogP contribution in [-0.4, -0.2) is 46.4 Å². The number of benzene rings is 1. The predicted octanol–water partition coefficient (Wildman–Crippen LogP) is 0.870. The Bertz CT molecular complexity index is 845. The summed E-state index contributed by atoms with van der Waals surface area (Å²) in [4.78, 5) is 39.4.